The summed E-state index contributed by atoms with van der Waals surface area (Å²) in [6.07, 6.45) is 0. The van der Waals surface area contributed by atoms with Gasteiger partial charge in [-0.2, -0.15) is 0 Å². The van der Waals surface area contributed by atoms with Crippen LogP contribution in [0, 0.1) is 0 Å². The molecule has 0 spiro atoms. The number of anilines is 1. The van der Waals surface area contributed by atoms with Crippen LogP contribution in [0.15, 0.2) is 34.1 Å². The Morgan fingerprint density at radius 3 is 2.45 bits per heavy atom. The van der Waals surface area contributed by atoms with E-state index in [2.05, 4.69) is 47.0 Å². The average molecular weight is 355 g/mol. The Kier molecular flexibility index (Phi) is 4.83. The standard InChI is InChI=1S/C15H19BrN2OS/c1-15(2,3)14-18-13(9-20-14)12(8-19)17-11-6-4-10(16)5-7-11/h4-7,9,12,17,19H,8H2,1-3H3. The van der Waals surface area contributed by atoms with Crippen molar-refractivity contribution in [1.82, 2.24) is 4.98 Å². The second-order valence-electron chi connectivity index (χ2n) is 5.71. The molecule has 20 heavy (non-hydrogen) atoms. The van der Waals surface area contributed by atoms with Gasteiger partial charge in [0.15, 0.2) is 0 Å². The van der Waals surface area contributed by atoms with Crippen LogP contribution in [-0.2, 0) is 5.41 Å². The maximum Gasteiger partial charge on any atom is 0.0982 e. The molecule has 1 heterocycles. The second kappa shape index (κ2) is 6.24. The fraction of sp³-hybridized carbons (Fsp3) is 0.400. The summed E-state index contributed by atoms with van der Waals surface area (Å²) in [7, 11) is 0. The molecule has 1 atom stereocenters. The molecule has 0 aliphatic rings. The number of halogens is 1. The minimum absolute atomic E-state index is 0.0172. The van der Waals surface area contributed by atoms with Crippen LogP contribution in [0.25, 0.3) is 0 Å². The minimum Gasteiger partial charge on any atom is -0.394 e. The highest BCUT2D eigenvalue weighted by molar-refractivity contribution is 9.10. The van der Waals surface area contributed by atoms with E-state index in [0.717, 1.165) is 20.9 Å². The van der Waals surface area contributed by atoms with Crippen molar-refractivity contribution in [2.24, 2.45) is 0 Å². The number of hydrogen-bond donors (Lipinski definition) is 2. The first-order valence-corrected chi connectivity index (χ1v) is 8.16. The van der Waals surface area contributed by atoms with Crippen LogP contribution in [0.2, 0.25) is 0 Å². The van der Waals surface area contributed by atoms with Gasteiger partial charge in [-0.05, 0) is 24.3 Å². The molecule has 5 heteroatoms. The molecule has 2 aromatic rings. The lowest BCUT2D eigenvalue weighted by molar-refractivity contribution is 0.274. The van der Waals surface area contributed by atoms with Crippen LogP contribution in [0.3, 0.4) is 0 Å². The number of aliphatic hydroxyl groups excluding tert-OH is 1. The highest BCUT2D eigenvalue weighted by atomic mass is 79.9. The SMILES string of the molecule is CC(C)(C)c1nc(C(CO)Nc2ccc(Br)cc2)cs1. The van der Waals surface area contributed by atoms with E-state index in [1.54, 1.807) is 11.3 Å². The van der Waals surface area contributed by atoms with Crippen LogP contribution < -0.4 is 5.32 Å². The lowest BCUT2D eigenvalue weighted by Crippen LogP contribution is -2.16. The van der Waals surface area contributed by atoms with E-state index in [1.165, 1.54) is 0 Å². The lowest BCUT2D eigenvalue weighted by atomic mass is 9.98. The number of nitrogens with one attached hydrogen (secondary N) is 1. The van der Waals surface area contributed by atoms with Gasteiger partial charge < -0.3 is 10.4 Å². The van der Waals surface area contributed by atoms with Crippen molar-refractivity contribution in [1.29, 1.82) is 0 Å². The smallest absolute Gasteiger partial charge is 0.0982 e. The molecular formula is C15H19BrN2OS. The van der Waals surface area contributed by atoms with E-state index in [0.29, 0.717) is 0 Å². The number of nitrogens with zero attached hydrogens (tertiary/aromatic N) is 1. The molecule has 3 nitrogen and oxygen atoms in total. The summed E-state index contributed by atoms with van der Waals surface area (Å²) in [6, 6.07) is 7.72. The third-order valence-electron chi connectivity index (χ3n) is 2.89. The average Bonchev–Trinajstić information content (AvgIpc) is 2.87. The molecule has 0 aliphatic carbocycles. The van der Waals surface area contributed by atoms with Gasteiger partial charge in [0.2, 0.25) is 0 Å². The molecule has 0 fully saturated rings. The van der Waals surface area contributed by atoms with Gasteiger partial charge in [-0.1, -0.05) is 36.7 Å². The Hall–Kier alpha value is -0.910. The Labute approximate surface area is 132 Å². The monoisotopic (exact) mass is 354 g/mol. The van der Waals surface area contributed by atoms with Gasteiger partial charge in [0.05, 0.1) is 23.4 Å². The predicted molar refractivity (Wildman–Crippen MR) is 88.4 cm³/mol. The topological polar surface area (TPSA) is 45.2 Å². The predicted octanol–water partition coefficient (Wildman–Crippen LogP) is 4.35. The quantitative estimate of drug-likeness (QED) is 0.857. The molecule has 2 N–H and O–H groups in total. The van der Waals surface area contributed by atoms with E-state index in [9.17, 15) is 5.11 Å². The molecule has 0 bridgehead atoms. The van der Waals surface area contributed by atoms with Gasteiger partial charge in [0.25, 0.3) is 0 Å². The van der Waals surface area contributed by atoms with Crippen LogP contribution in [0.1, 0.15) is 37.5 Å². The molecule has 0 aliphatic heterocycles. The zero-order valence-electron chi connectivity index (χ0n) is 11.9. The summed E-state index contributed by atoms with van der Waals surface area (Å²) in [6.45, 7) is 6.45. The Morgan fingerprint density at radius 1 is 1.30 bits per heavy atom. The van der Waals surface area contributed by atoms with Gasteiger partial charge in [0, 0.05) is 21.0 Å². The van der Waals surface area contributed by atoms with Crippen molar-refractivity contribution < 1.29 is 5.11 Å². The summed E-state index contributed by atoms with van der Waals surface area (Å²) in [5, 5.41) is 16.0. The van der Waals surface area contributed by atoms with E-state index in [4.69, 9.17) is 0 Å². The second-order valence-corrected chi connectivity index (χ2v) is 7.49. The molecule has 0 radical (unpaired) electrons. The van der Waals surface area contributed by atoms with E-state index in [-0.39, 0.29) is 18.1 Å². The molecule has 0 amide bonds. The van der Waals surface area contributed by atoms with Crippen molar-refractivity contribution in [2.75, 3.05) is 11.9 Å². The molecule has 0 saturated heterocycles. The number of benzene rings is 1. The van der Waals surface area contributed by atoms with Gasteiger partial charge >= 0.3 is 0 Å². The summed E-state index contributed by atoms with van der Waals surface area (Å²) >= 11 is 5.05. The summed E-state index contributed by atoms with van der Waals surface area (Å²) < 4.78 is 1.03. The molecule has 1 unspecified atom stereocenters. The summed E-state index contributed by atoms with van der Waals surface area (Å²) in [5.41, 5.74) is 1.91. The normalized spacial score (nSPS) is 13.2. The maximum atomic E-state index is 9.60. The van der Waals surface area contributed by atoms with Crippen molar-refractivity contribution >= 4 is 33.0 Å². The summed E-state index contributed by atoms with van der Waals surface area (Å²) in [4.78, 5) is 4.65. The number of thiazole rings is 1. The first-order chi connectivity index (χ1) is 9.40. The van der Waals surface area contributed by atoms with Crippen molar-refractivity contribution in [3.8, 4) is 0 Å². The fourth-order valence-electron chi connectivity index (χ4n) is 1.75. The lowest BCUT2D eigenvalue weighted by Gasteiger charge is -2.17. The highest BCUT2D eigenvalue weighted by Crippen LogP contribution is 2.29. The largest absolute Gasteiger partial charge is 0.394 e. The molecule has 0 saturated carbocycles. The van der Waals surface area contributed by atoms with E-state index < -0.39 is 0 Å². The Balaban J connectivity index is 2.16. The molecule has 108 valence electrons. The maximum absolute atomic E-state index is 9.60. The van der Waals surface area contributed by atoms with Crippen LogP contribution in [0.5, 0.6) is 0 Å². The number of aliphatic hydroxyl groups is 1. The van der Waals surface area contributed by atoms with Gasteiger partial charge in [-0.25, -0.2) is 4.98 Å². The number of aromatic nitrogens is 1. The first kappa shape index (κ1) is 15.5. The van der Waals surface area contributed by atoms with Gasteiger partial charge in [-0.3, -0.25) is 0 Å². The molecular weight excluding hydrogens is 336 g/mol. The van der Waals surface area contributed by atoms with Gasteiger partial charge in [-0.15, -0.1) is 11.3 Å². The fourth-order valence-corrected chi connectivity index (χ4v) is 2.98. The Morgan fingerprint density at radius 2 is 1.95 bits per heavy atom. The van der Waals surface area contributed by atoms with Crippen LogP contribution in [-0.4, -0.2) is 16.7 Å². The van der Waals surface area contributed by atoms with Crippen LogP contribution in [0.4, 0.5) is 5.69 Å². The highest BCUT2D eigenvalue weighted by Gasteiger charge is 2.21. The van der Waals surface area contributed by atoms with Crippen molar-refractivity contribution in [3.05, 3.63) is 44.8 Å². The zero-order valence-corrected chi connectivity index (χ0v) is 14.3. The number of rotatable bonds is 4. The molecule has 1 aromatic heterocycles. The third kappa shape index (κ3) is 3.81. The molecule has 1 aromatic carbocycles. The zero-order chi connectivity index (χ0) is 14.8. The Bertz CT molecular complexity index is 560. The first-order valence-electron chi connectivity index (χ1n) is 6.49. The third-order valence-corrected chi connectivity index (χ3v) is 4.70. The van der Waals surface area contributed by atoms with Crippen molar-refractivity contribution in [2.45, 2.75) is 32.2 Å². The number of hydrogen-bond acceptors (Lipinski definition) is 4. The molecule has 2 rings (SSSR count). The summed E-state index contributed by atoms with van der Waals surface area (Å²) in [5.74, 6) is 0. The van der Waals surface area contributed by atoms with Crippen molar-refractivity contribution in [3.63, 3.8) is 0 Å². The van der Waals surface area contributed by atoms with E-state index in [1.807, 2.05) is 29.6 Å². The van der Waals surface area contributed by atoms with E-state index >= 15 is 0 Å². The minimum atomic E-state index is -0.177. The van der Waals surface area contributed by atoms with Crippen LogP contribution >= 0.6 is 27.3 Å². The van der Waals surface area contributed by atoms with Gasteiger partial charge in [0.1, 0.15) is 0 Å².